The first kappa shape index (κ1) is 19.5. The Labute approximate surface area is 169 Å². The third-order valence-electron chi connectivity index (χ3n) is 4.89. The number of para-hydroxylation sites is 1. The van der Waals surface area contributed by atoms with E-state index in [0.29, 0.717) is 15.8 Å². The van der Waals surface area contributed by atoms with Gasteiger partial charge in [0, 0.05) is 15.8 Å². The maximum atomic E-state index is 14.2. The second-order valence-corrected chi connectivity index (χ2v) is 7.42. The first-order valence-electron chi connectivity index (χ1n) is 8.82. The number of alkyl halides is 3. The predicted molar refractivity (Wildman–Crippen MR) is 108 cm³/mol. The van der Waals surface area contributed by atoms with E-state index in [2.05, 4.69) is 5.10 Å². The molecule has 0 aliphatic rings. The Morgan fingerprint density at radius 1 is 0.931 bits per heavy atom. The summed E-state index contributed by atoms with van der Waals surface area (Å²) in [6, 6.07) is 19.6. The van der Waals surface area contributed by atoms with Gasteiger partial charge in [-0.15, -0.1) is 11.8 Å². The van der Waals surface area contributed by atoms with Crippen LogP contribution in [0.2, 0.25) is 0 Å². The number of rotatable bonds is 4. The molecule has 1 atom stereocenters. The summed E-state index contributed by atoms with van der Waals surface area (Å²) in [7, 11) is 0. The summed E-state index contributed by atoms with van der Waals surface area (Å²) in [6.07, 6.45) is -1.71. The van der Waals surface area contributed by atoms with Gasteiger partial charge in [-0.2, -0.15) is 18.3 Å². The number of nitrogens with zero attached hydrogens (tertiary/aromatic N) is 2. The van der Waals surface area contributed by atoms with E-state index in [1.54, 1.807) is 29.1 Å². The van der Waals surface area contributed by atoms with E-state index in [4.69, 9.17) is 0 Å². The standard InChI is InChI=1S/C22H17F3N2OS/c1-29-20-10-6-5-9-18(20)21(28,22(23,24)25)16-11-12-19-15(13-16)14-26-27(19)17-7-3-2-4-8-17/h2-14,28H,1H3. The molecule has 0 spiro atoms. The van der Waals surface area contributed by atoms with Gasteiger partial charge in [-0.05, 0) is 42.2 Å². The van der Waals surface area contributed by atoms with Crippen LogP contribution in [0, 0.1) is 0 Å². The Kier molecular flexibility index (Phi) is 4.88. The second-order valence-electron chi connectivity index (χ2n) is 6.57. The monoisotopic (exact) mass is 414 g/mol. The fraction of sp³-hybridized carbons (Fsp3) is 0.136. The third-order valence-corrected chi connectivity index (χ3v) is 5.69. The number of hydrogen-bond donors (Lipinski definition) is 1. The number of aromatic nitrogens is 2. The van der Waals surface area contributed by atoms with Crippen LogP contribution >= 0.6 is 11.8 Å². The minimum absolute atomic E-state index is 0.185. The Hall–Kier alpha value is -2.77. The molecule has 0 radical (unpaired) electrons. The molecule has 0 saturated carbocycles. The van der Waals surface area contributed by atoms with Crippen LogP contribution in [-0.4, -0.2) is 27.3 Å². The normalized spacial score (nSPS) is 14.1. The van der Waals surface area contributed by atoms with Crippen LogP contribution in [0.5, 0.6) is 0 Å². The van der Waals surface area contributed by atoms with Crippen molar-refractivity contribution in [3.8, 4) is 5.69 Å². The van der Waals surface area contributed by atoms with Crippen molar-refractivity contribution in [3.05, 3.63) is 90.1 Å². The largest absolute Gasteiger partial charge is 0.425 e. The van der Waals surface area contributed by atoms with Crippen LogP contribution < -0.4 is 0 Å². The smallest absolute Gasteiger partial charge is 0.372 e. The van der Waals surface area contributed by atoms with E-state index >= 15 is 0 Å². The van der Waals surface area contributed by atoms with E-state index in [1.165, 1.54) is 30.5 Å². The number of fused-ring (bicyclic) bond motifs is 1. The molecule has 0 fully saturated rings. The van der Waals surface area contributed by atoms with Crippen molar-refractivity contribution in [2.75, 3.05) is 6.26 Å². The van der Waals surface area contributed by atoms with Crippen LogP contribution in [-0.2, 0) is 5.60 Å². The topological polar surface area (TPSA) is 38.1 Å². The van der Waals surface area contributed by atoms with Crippen molar-refractivity contribution in [3.63, 3.8) is 0 Å². The molecule has 0 aliphatic carbocycles. The van der Waals surface area contributed by atoms with Gasteiger partial charge in [-0.1, -0.05) is 42.5 Å². The van der Waals surface area contributed by atoms with Crippen LogP contribution in [0.15, 0.2) is 83.9 Å². The Morgan fingerprint density at radius 2 is 1.62 bits per heavy atom. The van der Waals surface area contributed by atoms with Crippen molar-refractivity contribution in [2.45, 2.75) is 16.7 Å². The van der Waals surface area contributed by atoms with E-state index < -0.39 is 11.8 Å². The zero-order chi connectivity index (χ0) is 20.6. The molecule has 1 heterocycles. The maximum Gasteiger partial charge on any atom is 0.425 e. The van der Waals surface area contributed by atoms with Gasteiger partial charge in [0.2, 0.25) is 5.60 Å². The lowest BCUT2D eigenvalue weighted by molar-refractivity contribution is -0.249. The number of hydrogen-bond acceptors (Lipinski definition) is 3. The fourth-order valence-corrected chi connectivity index (χ4v) is 4.10. The maximum absolute atomic E-state index is 14.2. The fourth-order valence-electron chi connectivity index (χ4n) is 3.45. The third kappa shape index (κ3) is 3.20. The van der Waals surface area contributed by atoms with E-state index in [1.807, 2.05) is 30.3 Å². The summed E-state index contributed by atoms with van der Waals surface area (Å²) in [6.45, 7) is 0. The Bertz CT molecular complexity index is 1160. The van der Waals surface area contributed by atoms with E-state index in [0.717, 1.165) is 17.4 Å². The number of benzene rings is 3. The SMILES string of the molecule is CSc1ccccc1C(O)(c1ccc2c(cnn2-c2ccccc2)c1)C(F)(F)F. The summed E-state index contributed by atoms with van der Waals surface area (Å²) in [5.41, 5.74) is -2.10. The Balaban J connectivity index is 1.91. The molecule has 3 aromatic carbocycles. The number of aliphatic hydroxyl groups is 1. The average molecular weight is 414 g/mol. The first-order valence-corrected chi connectivity index (χ1v) is 10.0. The molecule has 0 aliphatic heterocycles. The van der Waals surface area contributed by atoms with Gasteiger partial charge in [0.05, 0.1) is 17.4 Å². The quantitative estimate of drug-likeness (QED) is 0.445. The average Bonchev–Trinajstić information content (AvgIpc) is 3.16. The van der Waals surface area contributed by atoms with Crippen molar-refractivity contribution in [2.24, 2.45) is 0 Å². The summed E-state index contributed by atoms with van der Waals surface area (Å²) in [5.74, 6) is 0. The lowest BCUT2D eigenvalue weighted by atomic mass is 9.85. The predicted octanol–water partition coefficient (Wildman–Crippen LogP) is 5.55. The summed E-state index contributed by atoms with van der Waals surface area (Å²) in [4.78, 5) is 0.368. The molecule has 148 valence electrons. The van der Waals surface area contributed by atoms with E-state index in [9.17, 15) is 18.3 Å². The Morgan fingerprint density at radius 3 is 2.31 bits per heavy atom. The van der Waals surface area contributed by atoms with Crippen LogP contribution in [0.25, 0.3) is 16.6 Å². The van der Waals surface area contributed by atoms with Gasteiger partial charge in [0.1, 0.15) is 0 Å². The van der Waals surface area contributed by atoms with Crippen LogP contribution in [0.1, 0.15) is 11.1 Å². The molecule has 29 heavy (non-hydrogen) atoms. The van der Waals surface area contributed by atoms with Gasteiger partial charge < -0.3 is 5.11 Å². The van der Waals surface area contributed by atoms with Gasteiger partial charge in [-0.25, -0.2) is 4.68 Å². The highest BCUT2D eigenvalue weighted by molar-refractivity contribution is 7.98. The molecular weight excluding hydrogens is 397 g/mol. The molecule has 0 saturated heterocycles. The second kappa shape index (κ2) is 7.24. The molecule has 3 nitrogen and oxygen atoms in total. The molecule has 4 aromatic rings. The van der Waals surface area contributed by atoms with Gasteiger partial charge in [-0.3, -0.25) is 0 Å². The zero-order valence-electron chi connectivity index (χ0n) is 15.4. The minimum Gasteiger partial charge on any atom is -0.372 e. The van der Waals surface area contributed by atoms with Crippen molar-refractivity contribution in [1.29, 1.82) is 0 Å². The van der Waals surface area contributed by atoms with E-state index in [-0.39, 0.29) is 11.1 Å². The molecule has 0 amide bonds. The molecule has 1 aromatic heterocycles. The lowest BCUT2D eigenvalue weighted by Crippen LogP contribution is -2.43. The highest BCUT2D eigenvalue weighted by Gasteiger charge is 2.57. The zero-order valence-corrected chi connectivity index (χ0v) is 16.2. The minimum atomic E-state index is -4.90. The van der Waals surface area contributed by atoms with Crippen molar-refractivity contribution in [1.82, 2.24) is 9.78 Å². The molecule has 4 rings (SSSR count). The molecule has 0 bridgehead atoms. The molecule has 7 heteroatoms. The number of halogens is 3. The molecule has 1 unspecified atom stereocenters. The molecular formula is C22H17F3N2OS. The number of thioether (sulfide) groups is 1. The molecule has 1 N–H and O–H groups in total. The van der Waals surface area contributed by atoms with Crippen molar-refractivity contribution < 1.29 is 18.3 Å². The van der Waals surface area contributed by atoms with Gasteiger partial charge >= 0.3 is 6.18 Å². The first-order chi connectivity index (χ1) is 13.9. The van der Waals surface area contributed by atoms with Crippen LogP contribution in [0.4, 0.5) is 13.2 Å². The van der Waals surface area contributed by atoms with Crippen LogP contribution in [0.3, 0.4) is 0 Å². The van der Waals surface area contributed by atoms with Crippen molar-refractivity contribution >= 4 is 22.7 Å². The highest BCUT2D eigenvalue weighted by atomic mass is 32.2. The summed E-state index contributed by atoms with van der Waals surface area (Å²) in [5, 5.41) is 15.8. The lowest BCUT2D eigenvalue weighted by Gasteiger charge is -2.33. The summed E-state index contributed by atoms with van der Waals surface area (Å²) < 4.78 is 44.2. The van der Waals surface area contributed by atoms with Gasteiger partial charge in [0.15, 0.2) is 0 Å². The summed E-state index contributed by atoms with van der Waals surface area (Å²) >= 11 is 1.16. The van der Waals surface area contributed by atoms with Gasteiger partial charge in [0.25, 0.3) is 0 Å². The highest BCUT2D eigenvalue weighted by Crippen LogP contribution is 2.47.